The molecule has 3 rings (SSSR count). The van der Waals surface area contributed by atoms with E-state index in [1.165, 1.54) is 25.3 Å². The second-order valence-electron chi connectivity index (χ2n) is 7.38. The van der Waals surface area contributed by atoms with Gasteiger partial charge in [0.2, 0.25) is 0 Å². The third-order valence-corrected chi connectivity index (χ3v) is 5.84. The van der Waals surface area contributed by atoms with Crippen LogP contribution in [0.3, 0.4) is 0 Å². The summed E-state index contributed by atoms with van der Waals surface area (Å²) in [4.78, 5) is 15.1. The van der Waals surface area contributed by atoms with Crippen molar-refractivity contribution in [1.82, 2.24) is 10.2 Å². The topological polar surface area (TPSA) is 44.4 Å². The highest BCUT2D eigenvalue weighted by Gasteiger charge is 2.19. The van der Waals surface area contributed by atoms with Crippen molar-refractivity contribution in [1.29, 1.82) is 0 Å². The Labute approximate surface area is 184 Å². The summed E-state index contributed by atoms with van der Waals surface area (Å²) in [5, 5.41) is 5.75. The average Bonchev–Trinajstić information content (AvgIpc) is 2.71. The Kier molecular flexibility index (Phi) is 7.83. The summed E-state index contributed by atoms with van der Waals surface area (Å²) < 4.78 is 29.4. The van der Waals surface area contributed by atoms with Crippen LogP contribution in [0.5, 0.6) is 0 Å². The van der Waals surface area contributed by atoms with Gasteiger partial charge in [-0.3, -0.25) is 4.79 Å². The van der Waals surface area contributed by atoms with E-state index in [2.05, 4.69) is 38.1 Å². The number of piperidine rings is 1. The Morgan fingerprint density at radius 3 is 2.62 bits per heavy atom. The summed E-state index contributed by atoms with van der Waals surface area (Å²) in [7, 11) is 0. The zero-order valence-electron chi connectivity index (χ0n) is 16.5. The van der Waals surface area contributed by atoms with Crippen molar-refractivity contribution in [2.24, 2.45) is 0 Å². The van der Waals surface area contributed by atoms with Crippen LogP contribution < -0.4 is 10.6 Å². The number of likely N-dealkylation sites (tertiary alicyclic amines) is 1. The van der Waals surface area contributed by atoms with E-state index in [0.29, 0.717) is 12.2 Å². The average molecular weight is 513 g/mol. The van der Waals surface area contributed by atoms with Crippen LogP contribution >= 0.6 is 22.6 Å². The van der Waals surface area contributed by atoms with Crippen molar-refractivity contribution < 1.29 is 13.6 Å². The van der Waals surface area contributed by atoms with Gasteiger partial charge >= 0.3 is 0 Å². The maximum Gasteiger partial charge on any atom is 0.253 e. The van der Waals surface area contributed by atoms with E-state index in [1.54, 1.807) is 6.07 Å². The smallest absolute Gasteiger partial charge is 0.253 e. The lowest BCUT2D eigenvalue weighted by Crippen LogP contribution is -2.33. The highest BCUT2D eigenvalue weighted by molar-refractivity contribution is 14.1. The number of benzene rings is 2. The molecular weight excluding hydrogens is 487 g/mol. The maximum absolute atomic E-state index is 14.5. The summed E-state index contributed by atoms with van der Waals surface area (Å²) in [5.74, 6) is -2.45. The monoisotopic (exact) mass is 513 g/mol. The molecule has 0 atom stereocenters. The van der Waals surface area contributed by atoms with E-state index in [0.717, 1.165) is 41.3 Å². The molecule has 1 aliphatic heterocycles. The third-order valence-electron chi connectivity index (χ3n) is 5.17. The van der Waals surface area contributed by atoms with Gasteiger partial charge in [0, 0.05) is 15.8 Å². The molecule has 4 nitrogen and oxygen atoms in total. The van der Waals surface area contributed by atoms with E-state index in [4.69, 9.17) is 0 Å². The summed E-state index contributed by atoms with van der Waals surface area (Å²) >= 11 is 2.19. The van der Waals surface area contributed by atoms with Crippen LogP contribution in [0, 0.1) is 22.1 Å². The molecule has 1 aliphatic rings. The highest BCUT2D eigenvalue weighted by Crippen LogP contribution is 2.28. The van der Waals surface area contributed by atoms with Crippen LogP contribution in [0.25, 0.3) is 0 Å². The van der Waals surface area contributed by atoms with Gasteiger partial charge in [-0.15, -0.1) is 0 Å². The zero-order valence-corrected chi connectivity index (χ0v) is 18.7. The summed E-state index contributed by atoms with van der Waals surface area (Å²) in [6.45, 7) is 5.53. The summed E-state index contributed by atoms with van der Waals surface area (Å²) in [5.41, 5.74) is 1.48. The largest absolute Gasteiger partial charge is 0.352 e. The van der Waals surface area contributed by atoms with Crippen LogP contribution in [0.4, 0.5) is 20.2 Å². The van der Waals surface area contributed by atoms with E-state index in [-0.39, 0.29) is 11.3 Å². The second kappa shape index (κ2) is 10.3. The molecule has 0 unspecified atom stereocenters. The molecule has 0 radical (unpaired) electrons. The standard InChI is InChI=1S/C22H26F2IN3O/c1-15-14-16(25)6-9-19(15)27-21-17(7-8-18(23)20(21)24)22(29)26-10-5-13-28-11-3-2-4-12-28/h6-9,14,27H,2-5,10-13H2,1H3,(H,26,29). The van der Waals surface area contributed by atoms with Gasteiger partial charge in [0.25, 0.3) is 5.91 Å². The number of rotatable bonds is 7. The molecule has 0 aliphatic carbocycles. The number of carbonyl (C=O) groups is 1. The minimum atomic E-state index is -1.05. The molecular formula is C22H26F2IN3O. The molecule has 0 aromatic heterocycles. The first-order valence-electron chi connectivity index (χ1n) is 9.97. The zero-order chi connectivity index (χ0) is 20.8. The Morgan fingerprint density at radius 2 is 1.90 bits per heavy atom. The van der Waals surface area contributed by atoms with Crippen molar-refractivity contribution in [3.8, 4) is 0 Å². The summed E-state index contributed by atoms with van der Waals surface area (Å²) in [6, 6.07) is 7.91. The first kappa shape index (κ1) is 22.0. The molecule has 7 heteroatoms. The SMILES string of the molecule is Cc1cc(I)ccc1Nc1c(C(=O)NCCCN2CCCCC2)ccc(F)c1F. The number of aryl methyl sites for hydroxylation is 1. The summed E-state index contributed by atoms with van der Waals surface area (Å²) in [6.07, 6.45) is 4.58. The van der Waals surface area contributed by atoms with Gasteiger partial charge in [-0.05, 0) is 104 Å². The molecule has 2 aromatic rings. The van der Waals surface area contributed by atoms with E-state index in [9.17, 15) is 13.6 Å². The first-order chi connectivity index (χ1) is 14.0. The number of anilines is 2. The molecule has 1 saturated heterocycles. The van der Waals surface area contributed by atoms with Crippen molar-refractivity contribution >= 4 is 39.9 Å². The van der Waals surface area contributed by atoms with Crippen molar-refractivity contribution in [3.05, 3.63) is 56.7 Å². The van der Waals surface area contributed by atoms with Crippen molar-refractivity contribution in [2.75, 3.05) is 31.5 Å². The minimum Gasteiger partial charge on any atom is -0.352 e. The number of nitrogens with zero attached hydrogens (tertiary/aromatic N) is 1. The van der Waals surface area contributed by atoms with E-state index >= 15 is 0 Å². The van der Waals surface area contributed by atoms with Crippen LogP contribution in [0.2, 0.25) is 0 Å². The fourth-order valence-electron chi connectivity index (χ4n) is 3.55. The predicted octanol–water partition coefficient (Wildman–Crippen LogP) is 5.23. The number of hydrogen-bond donors (Lipinski definition) is 2. The maximum atomic E-state index is 14.5. The second-order valence-corrected chi connectivity index (χ2v) is 8.63. The van der Waals surface area contributed by atoms with Gasteiger partial charge in [0.15, 0.2) is 11.6 Å². The molecule has 1 heterocycles. The molecule has 0 bridgehead atoms. The Hall–Kier alpha value is -1.74. The van der Waals surface area contributed by atoms with Gasteiger partial charge in [-0.1, -0.05) is 6.42 Å². The highest BCUT2D eigenvalue weighted by atomic mass is 127. The van der Waals surface area contributed by atoms with Gasteiger partial charge in [-0.25, -0.2) is 8.78 Å². The molecule has 2 aromatic carbocycles. The fourth-order valence-corrected chi connectivity index (χ4v) is 4.19. The minimum absolute atomic E-state index is 0.0971. The van der Waals surface area contributed by atoms with Crippen molar-refractivity contribution in [2.45, 2.75) is 32.6 Å². The molecule has 29 heavy (non-hydrogen) atoms. The lowest BCUT2D eigenvalue weighted by Gasteiger charge is -2.26. The molecule has 156 valence electrons. The van der Waals surface area contributed by atoms with Crippen LogP contribution in [-0.4, -0.2) is 37.0 Å². The molecule has 1 fully saturated rings. The van der Waals surface area contributed by atoms with Gasteiger partial charge < -0.3 is 15.5 Å². The Morgan fingerprint density at radius 1 is 1.14 bits per heavy atom. The lowest BCUT2D eigenvalue weighted by molar-refractivity contribution is 0.0951. The first-order valence-corrected chi connectivity index (χ1v) is 11.1. The van der Waals surface area contributed by atoms with E-state index in [1.807, 2.05) is 19.1 Å². The molecule has 2 N–H and O–H groups in total. The van der Waals surface area contributed by atoms with Gasteiger partial charge in [0.1, 0.15) is 0 Å². The van der Waals surface area contributed by atoms with E-state index < -0.39 is 17.5 Å². The number of nitrogens with one attached hydrogen (secondary N) is 2. The Bertz CT molecular complexity index is 869. The molecule has 0 spiro atoms. The van der Waals surface area contributed by atoms with Crippen LogP contribution in [0.15, 0.2) is 30.3 Å². The van der Waals surface area contributed by atoms with Crippen LogP contribution in [0.1, 0.15) is 41.6 Å². The number of amides is 1. The normalized spacial score (nSPS) is 14.6. The van der Waals surface area contributed by atoms with Gasteiger partial charge in [0.05, 0.1) is 11.3 Å². The van der Waals surface area contributed by atoms with Crippen molar-refractivity contribution in [3.63, 3.8) is 0 Å². The lowest BCUT2D eigenvalue weighted by atomic mass is 10.1. The number of halogens is 3. The van der Waals surface area contributed by atoms with Crippen LogP contribution in [-0.2, 0) is 0 Å². The fraction of sp³-hybridized carbons (Fsp3) is 0.409. The molecule has 1 amide bonds. The van der Waals surface area contributed by atoms with Gasteiger partial charge in [-0.2, -0.15) is 0 Å². The Balaban J connectivity index is 1.67. The third kappa shape index (κ3) is 5.88. The predicted molar refractivity (Wildman–Crippen MR) is 121 cm³/mol. The number of carbonyl (C=O) groups excluding carboxylic acids is 1. The number of hydrogen-bond acceptors (Lipinski definition) is 3. The quantitative estimate of drug-likeness (QED) is 0.394. The molecule has 0 saturated carbocycles.